The Morgan fingerprint density at radius 2 is 1.95 bits per heavy atom. The van der Waals surface area contributed by atoms with E-state index in [1.165, 1.54) is 5.56 Å². The molecule has 0 atom stereocenters. The minimum absolute atomic E-state index is 0.0556. The lowest BCUT2D eigenvalue weighted by Gasteiger charge is -2.12. The van der Waals surface area contributed by atoms with Gasteiger partial charge in [0, 0.05) is 30.7 Å². The van der Waals surface area contributed by atoms with E-state index in [0.717, 1.165) is 17.1 Å². The number of aromatic nitrogens is 1. The highest BCUT2D eigenvalue weighted by molar-refractivity contribution is 5.95. The molecule has 1 aromatic heterocycles. The number of rotatable bonds is 5. The standard InChI is InChI=1S/C17H22N2O2/c1-12-7-5-6-8-16(12)19-13(2)11-15(14(19)3)17(20)18-9-10-21-4/h5-8,11H,9-10H2,1-4H3,(H,18,20). The molecule has 2 rings (SSSR count). The number of carbonyl (C=O) groups excluding carboxylic acids is 1. The smallest absolute Gasteiger partial charge is 0.253 e. The Kier molecular flexibility index (Phi) is 4.81. The van der Waals surface area contributed by atoms with Gasteiger partial charge >= 0.3 is 0 Å². The Hall–Kier alpha value is -2.07. The van der Waals surface area contributed by atoms with Crippen molar-refractivity contribution < 1.29 is 9.53 Å². The van der Waals surface area contributed by atoms with Crippen molar-refractivity contribution in [3.05, 3.63) is 52.8 Å². The number of aryl methyl sites for hydroxylation is 2. The van der Waals surface area contributed by atoms with Gasteiger partial charge in [-0.25, -0.2) is 0 Å². The summed E-state index contributed by atoms with van der Waals surface area (Å²) in [5.74, 6) is -0.0556. The minimum atomic E-state index is -0.0556. The van der Waals surface area contributed by atoms with Crippen molar-refractivity contribution in [1.82, 2.24) is 9.88 Å². The maximum Gasteiger partial charge on any atom is 0.253 e. The van der Waals surface area contributed by atoms with E-state index in [4.69, 9.17) is 4.74 Å². The van der Waals surface area contributed by atoms with Crippen molar-refractivity contribution in [3.8, 4) is 5.69 Å². The predicted molar refractivity (Wildman–Crippen MR) is 84.2 cm³/mol. The van der Waals surface area contributed by atoms with Crippen LogP contribution in [0.2, 0.25) is 0 Å². The van der Waals surface area contributed by atoms with Crippen LogP contribution < -0.4 is 5.32 Å². The van der Waals surface area contributed by atoms with Gasteiger partial charge < -0.3 is 14.6 Å². The molecule has 2 aromatic rings. The van der Waals surface area contributed by atoms with Gasteiger partial charge in [0.25, 0.3) is 5.91 Å². The SMILES string of the molecule is COCCNC(=O)c1cc(C)n(-c2ccccc2C)c1C. The predicted octanol–water partition coefficient (Wildman–Crippen LogP) is 2.78. The molecule has 0 saturated heterocycles. The van der Waals surface area contributed by atoms with Crippen molar-refractivity contribution in [1.29, 1.82) is 0 Å². The number of hydrogen-bond donors (Lipinski definition) is 1. The van der Waals surface area contributed by atoms with Gasteiger partial charge in [-0.3, -0.25) is 4.79 Å². The minimum Gasteiger partial charge on any atom is -0.383 e. The molecule has 0 aliphatic rings. The number of ether oxygens (including phenoxy) is 1. The van der Waals surface area contributed by atoms with Crippen LogP contribution in [-0.2, 0) is 4.74 Å². The van der Waals surface area contributed by atoms with Crippen molar-refractivity contribution in [2.24, 2.45) is 0 Å². The maximum atomic E-state index is 12.2. The lowest BCUT2D eigenvalue weighted by Crippen LogP contribution is -2.27. The van der Waals surface area contributed by atoms with E-state index in [0.29, 0.717) is 18.7 Å². The summed E-state index contributed by atoms with van der Waals surface area (Å²) in [7, 11) is 1.62. The van der Waals surface area contributed by atoms with Crippen molar-refractivity contribution in [2.75, 3.05) is 20.3 Å². The molecule has 1 N–H and O–H groups in total. The number of benzene rings is 1. The average molecular weight is 286 g/mol. The maximum absolute atomic E-state index is 12.2. The zero-order valence-electron chi connectivity index (χ0n) is 13.1. The number of amides is 1. The molecule has 0 aliphatic carbocycles. The van der Waals surface area contributed by atoms with Crippen LogP contribution in [0.4, 0.5) is 0 Å². The van der Waals surface area contributed by atoms with Gasteiger partial charge in [0.05, 0.1) is 12.2 Å². The normalized spacial score (nSPS) is 10.7. The highest BCUT2D eigenvalue weighted by atomic mass is 16.5. The summed E-state index contributed by atoms with van der Waals surface area (Å²) in [5, 5.41) is 2.87. The number of methoxy groups -OCH3 is 1. The van der Waals surface area contributed by atoms with Gasteiger partial charge in [0.2, 0.25) is 0 Å². The Labute approximate surface area is 125 Å². The molecule has 0 fully saturated rings. The summed E-state index contributed by atoms with van der Waals surface area (Å²) in [5.41, 5.74) is 5.02. The summed E-state index contributed by atoms with van der Waals surface area (Å²) < 4.78 is 7.08. The van der Waals surface area contributed by atoms with Crippen molar-refractivity contribution in [3.63, 3.8) is 0 Å². The number of para-hydroxylation sites is 1. The fraction of sp³-hybridized carbons (Fsp3) is 0.353. The van der Waals surface area contributed by atoms with Crippen LogP contribution in [0.3, 0.4) is 0 Å². The van der Waals surface area contributed by atoms with Crippen LogP contribution in [0.15, 0.2) is 30.3 Å². The molecule has 1 aromatic carbocycles. The third-order valence-corrected chi connectivity index (χ3v) is 3.62. The monoisotopic (exact) mass is 286 g/mol. The molecule has 21 heavy (non-hydrogen) atoms. The van der Waals surface area contributed by atoms with Crippen LogP contribution in [0.1, 0.15) is 27.3 Å². The molecule has 0 unspecified atom stereocenters. The van der Waals surface area contributed by atoms with E-state index in [1.807, 2.05) is 32.0 Å². The van der Waals surface area contributed by atoms with E-state index in [-0.39, 0.29) is 5.91 Å². The number of nitrogens with one attached hydrogen (secondary N) is 1. The Bertz CT molecular complexity index is 644. The Balaban J connectivity index is 2.34. The fourth-order valence-electron chi connectivity index (χ4n) is 2.54. The zero-order valence-corrected chi connectivity index (χ0v) is 13.1. The van der Waals surface area contributed by atoms with Gasteiger partial charge in [0.15, 0.2) is 0 Å². The molecule has 1 heterocycles. The number of hydrogen-bond acceptors (Lipinski definition) is 2. The van der Waals surface area contributed by atoms with E-state index in [1.54, 1.807) is 7.11 Å². The van der Waals surface area contributed by atoms with Gasteiger partial charge in [0.1, 0.15) is 0 Å². The first-order valence-electron chi connectivity index (χ1n) is 7.08. The summed E-state index contributed by atoms with van der Waals surface area (Å²) in [6.45, 7) is 7.11. The van der Waals surface area contributed by atoms with Gasteiger partial charge in [-0.05, 0) is 38.5 Å². The quantitative estimate of drug-likeness (QED) is 0.859. The lowest BCUT2D eigenvalue weighted by atomic mass is 10.2. The van der Waals surface area contributed by atoms with Crippen molar-refractivity contribution in [2.45, 2.75) is 20.8 Å². The number of carbonyl (C=O) groups is 1. The van der Waals surface area contributed by atoms with Gasteiger partial charge in [-0.1, -0.05) is 18.2 Å². The summed E-state index contributed by atoms with van der Waals surface area (Å²) in [6.07, 6.45) is 0. The average Bonchev–Trinajstić information content (AvgIpc) is 2.75. The Morgan fingerprint density at radius 3 is 2.62 bits per heavy atom. The number of nitrogens with zero attached hydrogens (tertiary/aromatic N) is 1. The van der Waals surface area contributed by atoms with E-state index < -0.39 is 0 Å². The summed E-state index contributed by atoms with van der Waals surface area (Å²) in [4.78, 5) is 12.2. The lowest BCUT2D eigenvalue weighted by molar-refractivity contribution is 0.0936. The first-order chi connectivity index (χ1) is 10.1. The van der Waals surface area contributed by atoms with Gasteiger partial charge in [-0.2, -0.15) is 0 Å². The third-order valence-electron chi connectivity index (χ3n) is 3.62. The fourth-order valence-corrected chi connectivity index (χ4v) is 2.54. The van der Waals surface area contributed by atoms with E-state index in [9.17, 15) is 4.79 Å². The van der Waals surface area contributed by atoms with Crippen LogP contribution in [0.25, 0.3) is 5.69 Å². The highest BCUT2D eigenvalue weighted by Gasteiger charge is 2.16. The molecule has 0 radical (unpaired) electrons. The molecule has 1 amide bonds. The second kappa shape index (κ2) is 6.59. The highest BCUT2D eigenvalue weighted by Crippen LogP contribution is 2.23. The second-order valence-electron chi connectivity index (χ2n) is 5.16. The largest absolute Gasteiger partial charge is 0.383 e. The first kappa shape index (κ1) is 15.3. The second-order valence-corrected chi connectivity index (χ2v) is 5.16. The molecular formula is C17H22N2O2. The molecule has 0 spiro atoms. The topological polar surface area (TPSA) is 43.3 Å². The van der Waals surface area contributed by atoms with E-state index >= 15 is 0 Å². The molecule has 0 aliphatic heterocycles. The van der Waals surface area contributed by atoms with Crippen LogP contribution >= 0.6 is 0 Å². The van der Waals surface area contributed by atoms with Crippen LogP contribution in [0.5, 0.6) is 0 Å². The van der Waals surface area contributed by atoms with E-state index in [2.05, 4.69) is 28.9 Å². The van der Waals surface area contributed by atoms with Crippen LogP contribution in [-0.4, -0.2) is 30.7 Å². The molecular weight excluding hydrogens is 264 g/mol. The molecule has 4 heteroatoms. The first-order valence-corrected chi connectivity index (χ1v) is 7.08. The van der Waals surface area contributed by atoms with Crippen molar-refractivity contribution >= 4 is 5.91 Å². The molecule has 4 nitrogen and oxygen atoms in total. The molecule has 0 saturated carbocycles. The molecule has 112 valence electrons. The third kappa shape index (κ3) is 3.16. The summed E-state index contributed by atoms with van der Waals surface area (Å²) in [6, 6.07) is 10.1. The van der Waals surface area contributed by atoms with Crippen LogP contribution in [0, 0.1) is 20.8 Å². The van der Waals surface area contributed by atoms with Gasteiger partial charge in [-0.15, -0.1) is 0 Å². The zero-order chi connectivity index (χ0) is 15.4. The molecule has 0 bridgehead atoms. The Morgan fingerprint density at radius 1 is 1.24 bits per heavy atom. The summed E-state index contributed by atoms with van der Waals surface area (Å²) >= 11 is 0.